The van der Waals surface area contributed by atoms with Crippen LogP contribution < -0.4 is 0 Å². The van der Waals surface area contributed by atoms with Crippen molar-refractivity contribution in [3.8, 4) is 0 Å². The first-order chi connectivity index (χ1) is 18.5. The van der Waals surface area contributed by atoms with Crippen LogP contribution in [0, 0.1) is 33.5 Å². The van der Waals surface area contributed by atoms with E-state index in [4.69, 9.17) is 23.7 Å². The smallest absolute Gasteiger partial charge is 0.341 e. The molecule has 0 N–H and O–H groups in total. The van der Waals surface area contributed by atoms with Crippen LogP contribution in [0.3, 0.4) is 0 Å². The molecule has 216 valence electrons. The average molecular weight is 557 g/mol. The van der Waals surface area contributed by atoms with E-state index in [1.807, 2.05) is 33.8 Å². The third-order valence-electron chi connectivity index (χ3n) is 11.3. The lowest BCUT2D eigenvalue weighted by atomic mass is 9.35. The zero-order chi connectivity index (χ0) is 29.2. The van der Waals surface area contributed by atoms with Crippen molar-refractivity contribution in [1.82, 2.24) is 0 Å². The fourth-order valence-electron chi connectivity index (χ4n) is 9.59. The third kappa shape index (κ3) is 3.11. The van der Waals surface area contributed by atoms with Crippen LogP contribution in [0.15, 0.2) is 23.8 Å². The third-order valence-corrected chi connectivity index (χ3v) is 11.3. The molecule has 10 heteroatoms. The zero-order valence-electron chi connectivity index (χ0n) is 23.9. The molecule has 0 aromatic rings. The predicted octanol–water partition coefficient (Wildman–Crippen LogP) is 2.97. The van der Waals surface area contributed by atoms with Crippen molar-refractivity contribution in [3.05, 3.63) is 23.8 Å². The highest BCUT2D eigenvalue weighted by Crippen LogP contribution is 2.78. The highest BCUT2D eigenvalue weighted by atomic mass is 16.7. The van der Waals surface area contributed by atoms with Crippen molar-refractivity contribution in [1.29, 1.82) is 0 Å². The van der Waals surface area contributed by atoms with Gasteiger partial charge in [-0.15, -0.1) is 0 Å². The summed E-state index contributed by atoms with van der Waals surface area (Å²) < 4.78 is 28.8. The van der Waals surface area contributed by atoms with Crippen LogP contribution in [0.2, 0.25) is 0 Å². The van der Waals surface area contributed by atoms with E-state index in [0.29, 0.717) is 19.3 Å². The normalized spacial score (nSPS) is 47.9. The van der Waals surface area contributed by atoms with Gasteiger partial charge in [0.15, 0.2) is 11.9 Å². The van der Waals surface area contributed by atoms with Crippen molar-refractivity contribution in [2.75, 3.05) is 0 Å². The number of carbonyl (C=O) groups is 5. The Morgan fingerprint density at radius 1 is 0.925 bits per heavy atom. The number of esters is 4. The zero-order valence-corrected chi connectivity index (χ0v) is 23.9. The van der Waals surface area contributed by atoms with E-state index in [1.54, 1.807) is 6.08 Å². The van der Waals surface area contributed by atoms with Crippen LogP contribution in [-0.2, 0) is 47.7 Å². The highest BCUT2D eigenvalue weighted by molar-refractivity contribution is 5.96. The average Bonchev–Trinajstić information content (AvgIpc) is 3.53. The number of hydrogen-bond acceptors (Lipinski definition) is 10. The van der Waals surface area contributed by atoms with Crippen LogP contribution in [0.5, 0.6) is 0 Å². The number of epoxide rings is 1. The number of carbonyl (C=O) groups excluding carboxylic acids is 5. The van der Waals surface area contributed by atoms with Crippen LogP contribution >= 0.6 is 0 Å². The van der Waals surface area contributed by atoms with Crippen molar-refractivity contribution < 1.29 is 47.7 Å². The number of cyclic esters (lactones) is 2. The number of rotatable bonds is 3. The molecule has 0 aromatic heterocycles. The van der Waals surface area contributed by atoms with E-state index < -0.39 is 75.7 Å². The van der Waals surface area contributed by atoms with E-state index >= 15 is 0 Å². The fourth-order valence-corrected chi connectivity index (χ4v) is 9.59. The summed E-state index contributed by atoms with van der Waals surface area (Å²) in [6.07, 6.45) is 2.88. The Hall–Kier alpha value is -3.01. The molecule has 6 aliphatic rings. The van der Waals surface area contributed by atoms with Gasteiger partial charge in [0.25, 0.3) is 6.29 Å². The first-order valence-electron chi connectivity index (χ1n) is 13.9. The Kier molecular flexibility index (Phi) is 5.47. The topological polar surface area (TPSA) is 135 Å². The van der Waals surface area contributed by atoms with Gasteiger partial charge >= 0.3 is 23.9 Å². The van der Waals surface area contributed by atoms with Crippen molar-refractivity contribution in [2.45, 2.75) is 97.9 Å². The minimum atomic E-state index is -1.21. The number of ether oxygens (including phenoxy) is 5. The summed E-state index contributed by atoms with van der Waals surface area (Å²) in [4.78, 5) is 63.5. The second-order valence-corrected chi connectivity index (χ2v) is 13.5. The predicted molar refractivity (Wildman–Crippen MR) is 136 cm³/mol. The summed E-state index contributed by atoms with van der Waals surface area (Å²) in [5.74, 6) is -2.59. The van der Waals surface area contributed by atoms with Crippen LogP contribution in [0.25, 0.3) is 0 Å². The maximum absolute atomic E-state index is 13.4. The van der Waals surface area contributed by atoms with Gasteiger partial charge < -0.3 is 23.7 Å². The lowest BCUT2D eigenvalue weighted by Crippen LogP contribution is -2.74. The van der Waals surface area contributed by atoms with Crippen LogP contribution in [0.1, 0.15) is 67.7 Å². The molecule has 0 radical (unpaired) electrons. The molecule has 3 aliphatic carbocycles. The number of fused-ring (bicyclic) bond motifs is 3. The molecule has 2 saturated carbocycles. The standard InChI is InChI=1S/C30H36O10/c1-14(31)36-20-13-18-26(3,4)19(33)9-10-27(18,5)17-8-11-28(6)22(16-12-21(37-15(2)32)38-24(16)34)39-25(35)23-30(28,40-23)29(17,20)7/h9-10,12,17-18,20-23H,8,11,13H2,1-7H3. The van der Waals surface area contributed by atoms with Gasteiger partial charge in [0.2, 0.25) is 0 Å². The first-order valence-corrected chi connectivity index (χ1v) is 13.9. The minimum absolute atomic E-state index is 0.0369. The summed E-state index contributed by atoms with van der Waals surface area (Å²) in [5, 5.41) is 0. The van der Waals surface area contributed by atoms with Crippen LogP contribution in [-0.4, -0.2) is 59.9 Å². The molecule has 4 fully saturated rings. The lowest BCUT2D eigenvalue weighted by molar-refractivity contribution is -0.247. The Morgan fingerprint density at radius 3 is 2.25 bits per heavy atom. The molecule has 40 heavy (non-hydrogen) atoms. The van der Waals surface area contributed by atoms with E-state index in [0.717, 1.165) is 0 Å². The Bertz CT molecular complexity index is 1310. The molecule has 6 rings (SSSR count). The van der Waals surface area contributed by atoms with E-state index in [9.17, 15) is 24.0 Å². The summed E-state index contributed by atoms with van der Waals surface area (Å²) in [6.45, 7) is 12.6. The van der Waals surface area contributed by atoms with E-state index in [1.165, 1.54) is 19.9 Å². The highest BCUT2D eigenvalue weighted by Gasteiger charge is 2.88. The maximum Gasteiger partial charge on any atom is 0.341 e. The number of allylic oxidation sites excluding steroid dienone is 2. The van der Waals surface area contributed by atoms with Gasteiger partial charge in [0.1, 0.15) is 17.8 Å². The fraction of sp³-hybridized carbons (Fsp3) is 0.700. The SMILES string of the molecule is CC(=O)OC1C=C(C2OC(=O)C3OC34C2(C)CCC2C3(C)C=CC(=O)C(C)(C)C3CC(OC(C)=O)C24C)C(=O)O1. The monoisotopic (exact) mass is 556 g/mol. The molecule has 0 bridgehead atoms. The Balaban J connectivity index is 1.50. The summed E-state index contributed by atoms with van der Waals surface area (Å²) >= 11 is 0. The van der Waals surface area contributed by atoms with E-state index in [2.05, 4.69) is 6.92 Å². The summed E-state index contributed by atoms with van der Waals surface area (Å²) in [7, 11) is 0. The summed E-state index contributed by atoms with van der Waals surface area (Å²) in [5.41, 5.74) is -3.89. The molecule has 10 unspecified atom stereocenters. The molecule has 3 aliphatic heterocycles. The Labute approximate surface area is 232 Å². The number of hydrogen-bond donors (Lipinski definition) is 0. The minimum Gasteiger partial charge on any atom is -0.462 e. The molecular weight excluding hydrogens is 520 g/mol. The maximum atomic E-state index is 13.4. The van der Waals surface area contributed by atoms with Crippen LogP contribution in [0.4, 0.5) is 0 Å². The van der Waals surface area contributed by atoms with Gasteiger partial charge in [-0.3, -0.25) is 14.4 Å². The van der Waals surface area contributed by atoms with Gasteiger partial charge in [-0.05, 0) is 42.6 Å². The van der Waals surface area contributed by atoms with Gasteiger partial charge in [-0.1, -0.05) is 40.7 Å². The van der Waals surface area contributed by atoms with Crippen molar-refractivity contribution in [3.63, 3.8) is 0 Å². The molecule has 1 spiro atoms. The first kappa shape index (κ1) is 27.2. The van der Waals surface area contributed by atoms with E-state index in [-0.39, 0.29) is 23.2 Å². The van der Waals surface area contributed by atoms with Gasteiger partial charge in [0.05, 0.1) is 5.57 Å². The molecule has 0 aromatic carbocycles. The quantitative estimate of drug-likeness (QED) is 0.290. The molecule has 2 saturated heterocycles. The van der Waals surface area contributed by atoms with Gasteiger partial charge in [0, 0.05) is 36.2 Å². The second-order valence-electron chi connectivity index (χ2n) is 13.5. The largest absolute Gasteiger partial charge is 0.462 e. The number of ketones is 1. The van der Waals surface area contributed by atoms with Crippen molar-refractivity contribution in [2.24, 2.45) is 33.5 Å². The second kappa shape index (κ2) is 8.05. The lowest BCUT2D eigenvalue weighted by Gasteiger charge is -2.68. The molecule has 3 heterocycles. The Morgan fingerprint density at radius 2 is 1.60 bits per heavy atom. The molecule has 0 amide bonds. The molecule has 10 atom stereocenters. The van der Waals surface area contributed by atoms with Gasteiger partial charge in [-0.2, -0.15) is 0 Å². The molecular formula is C30H36O10. The molecule has 10 nitrogen and oxygen atoms in total. The van der Waals surface area contributed by atoms with Crippen molar-refractivity contribution >= 4 is 29.7 Å². The summed E-state index contributed by atoms with van der Waals surface area (Å²) in [6, 6.07) is 0. The van der Waals surface area contributed by atoms with Gasteiger partial charge in [-0.25, -0.2) is 9.59 Å².